The Morgan fingerprint density at radius 3 is 2.95 bits per heavy atom. The van der Waals surface area contributed by atoms with Crippen LogP contribution < -0.4 is 0 Å². The van der Waals surface area contributed by atoms with Crippen molar-refractivity contribution in [1.29, 1.82) is 0 Å². The third-order valence-corrected chi connectivity index (χ3v) is 4.68. The van der Waals surface area contributed by atoms with Gasteiger partial charge in [-0.1, -0.05) is 42.4 Å². The number of ketones is 1. The van der Waals surface area contributed by atoms with Gasteiger partial charge in [0.05, 0.1) is 5.25 Å². The minimum absolute atomic E-state index is 0.0562. The van der Waals surface area contributed by atoms with Crippen LogP contribution in [0.5, 0.6) is 0 Å². The van der Waals surface area contributed by atoms with Crippen molar-refractivity contribution >= 4 is 40.7 Å². The summed E-state index contributed by atoms with van der Waals surface area (Å²) in [6.07, 6.45) is 0.813. The molecule has 6 heteroatoms. The lowest BCUT2D eigenvalue weighted by atomic mass is 10.1. The monoisotopic (exact) mass is 312 g/mol. The number of nitrogens with zero attached hydrogens (tertiary/aromatic N) is 2. The number of carbonyl (C=O) groups excluding carboxylic acids is 1. The molecule has 19 heavy (non-hydrogen) atoms. The molecule has 0 saturated heterocycles. The molecule has 100 valence electrons. The minimum atomic E-state index is -0.198. The summed E-state index contributed by atoms with van der Waals surface area (Å²) in [5.74, 6) is 0.885. The number of hydrogen-bond acceptors (Lipinski definition) is 5. The molecule has 0 radical (unpaired) electrons. The van der Waals surface area contributed by atoms with Gasteiger partial charge in [-0.05, 0) is 30.6 Å². The number of Topliss-reactive ketones (excluding diaryl/α,β-unsaturated/α-hetero) is 1. The smallest absolute Gasteiger partial charge is 0.176 e. The van der Waals surface area contributed by atoms with Gasteiger partial charge in [0.2, 0.25) is 0 Å². The molecule has 0 aliphatic heterocycles. The Morgan fingerprint density at radius 2 is 2.32 bits per heavy atom. The quantitative estimate of drug-likeness (QED) is 0.615. The second-order valence-corrected chi connectivity index (χ2v) is 6.74. The normalized spacial score (nSPS) is 12.4. The highest BCUT2D eigenvalue weighted by Gasteiger charge is 2.18. The molecule has 0 spiro atoms. The van der Waals surface area contributed by atoms with Crippen molar-refractivity contribution < 1.29 is 4.79 Å². The fraction of sp³-hybridized carbons (Fsp3) is 0.308. The maximum Gasteiger partial charge on any atom is 0.176 e. The number of halogens is 1. The van der Waals surface area contributed by atoms with Gasteiger partial charge in [-0.15, -0.1) is 0 Å². The predicted molar refractivity (Wildman–Crippen MR) is 80.4 cm³/mol. The topological polar surface area (TPSA) is 42.9 Å². The van der Waals surface area contributed by atoms with Gasteiger partial charge in [0.15, 0.2) is 10.1 Å². The predicted octanol–water partition coefficient (Wildman–Crippen LogP) is 4.12. The van der Waals surface area contributed by atoms with Crippen LogP contribution in [0.25, 0.3) is 0 Å². The molecule has 0 saturated carbocycles. The number of carbonyl (C=O) groups is 1. The number of aryl methyl sites for hydroxylation is 1. The van der Waals surface area contributed by atoms with Crippen molar-refractivity contribution in [2.45, 2.75) is 29.9 Å². The van der Waals surface area contributed by atoms with E-state index in [1.807, 2.05) is 13.8 Å². The van der Waals surface area contributed by atoms with Gasteiger partial charge >= 0.3 is 0 Å². The first-order valence-corrected chi connectivity index (χ1v) is 7.92. The van der Waals surface area contributed by atoms with E-state index in [0.29, 0.717) is 10.6 Å². The van der Waals surface area contributed by atoms with E-state index in [9.17, 15) is 4.79 Å². The lowest BCUT2D eigenvalue weighted by Gasteiger charge is -2.08. The van der Waals surface area contributed by atoms with E-state index in [1.54, 1.807) is 24.3 Å². The molecule has 2 rings (SSSR count). The number of thioether (sulfide) groups is 1. The van der Waals surface area contributed by atoms with Crippen LogP contribution in [-0.2, 0) is 6.42 Å². The van der Waals surface area contributed by atoms with Crippen molar-refractivity contribution in [2.24, 2.45) is 0 Å². The van der Waals surface area contributed by atoms with E-state index in [2.05, 4.69) is 9.36 Å². The molecule has 0 aliphatic carbocycles. The SMILES string of the molecule is CCc1nsc(SC(C)C(=O)c2cccc(Cl)c2)n1. The second kappa shape index (κ2) is 6.50. The molecule has 0 N–H and O–H groups in total. The summed E-state index contributed by atoms with van der Waals surface area (Å²) in [5, 5.41) is 0.378. The van der Waals surface area contributed by atoms with Gasteiger partial charge in [-0.25, -0.2) is 4.98 Å². The average Bonchev–Trinajstić information content (AvgIpc) is 2.85. The summed E-state index contributed by atoms with van der Waals surface area (Å²) in [4.78, 5) is 16.6. The van der Waals surface area contributed by atoms with Crippen LogP contribution in [0.4, 0.5) is 0 Å². The Morgan fingerprint density at radius 1 is 1.53 bits per heavy atom. The Labute approximate surface area is 125 Å². The third kappa shape index (κ3) is 3.78. The molecular formula is C13H13ClN2OS2. The zero-order valence-corrected chi connectivity index (χ0v) is 13.0. The van der Waals surface area contributed by atoms with Crippen molar-refractivity contribution in [3.05, 3.63) is 40.7 Å². The second-order valence-electron chi connectivity index (χ2n) is 3.96. The van der Waals surface area contributed by atoms with Crippen molar-refractivity contribution in [1.82, 2.24) is 9.36 Å². The molecular weight excluding hydrogens is 300 g/mol. The lowest BCUT2D eigenvalue weighted by Crippen LogP contribution is -2.13. The highest BCUT2D eigenvalue weighted by atomic mass is 35.5. The Bertz CT molecular complexity index is 586. The molecule has 1 unspecified atom stereocenters. The molecule has 1 atom stereocenters. The van der Waals surface area contributed by atoms with Gasteiger partial charge < -0.3 is 0 Å². The average molecular weight is 313 g/mol. The highest BCUT2D eigenvalue weighted by molar-refractivity contribution is 8.02. The van der Waals surface area contributed by atoms with Gasteiger partial charge in [-0.2, -0.15) is 4.37 Å². The first-order chi connectivity index (χ1) is 9.10. The summed E-state index contributed by atoms with van der Waals surface area (Å²) in [6.45, 7) is 3.89. The van der Waals surface area contributed by atoms with E-state index < -0.39 is 0 Å². The number of benzene rings is 1. The summed E-state index contributed by atoms with van der Waals surface area (Å²) in [5.41, 5.74) is 0.632. The maximum absolute atomic E-state index is 12.3. The van der Waals surface area contributed by atoms with Crippen LogP contribution in [0.1, 0.15) is 30.0 Å². The third-order valence-electron chi connectivity index (χ3n) is 2.52. The van der Waals surface area contributed by atoms with Crippen molar-refractivity contribution in [2.75, 3.05) is 0 Å². The highest BCUT2D eigenvalue weighted by Crippen LogP contribution is 2.27. The zero-order chi connectivity index (χ0) is 13.8. The Hall–Kier alpha value is -0.910. The minimum Gasteiger partial charge on any atom is -0.293 e. The largest absolute Gasteiger partial charge is 0.293 e. The van der Waals surface area contributed by atoms with Crippen molar-refractivity contribution in [3.8, 4) is 0 Å². The van der Waals surface area contributed by atoms with E-state index in [-0.39, 0.29) is 11.0 Å². The summed E-state index contributed by atoms with van der Waals surface area (Å²) in [6, 6.07) is 7.02. The van der Waals surface area contributed by atoms with Gasteiger partial charge in [0, 0.05) is 17.0 Å². The lowest BCUT2D eigenvalue weighted by molar-refractivity contribution is 0.0994. The molecule has 1 heterocycles. The molecule has 3 nitrogen and oxygen atoms in total. The zero-order valence-electron chi connectivity index (χ0n) is 10.6. The van der Waals surface area contributed by atoms with E-state index in [1.165, 1.54) is 23.3 Å². The molecule has 0 bridgehead atoms. The molecule has 1 aromatic carbocycles. The van der Waals surface area contributed by atoms with Gasteiger partial charge in [0.1, 0.15) is 5.82 Å². The molecule has 0 fully saturated rings. The van der Waals surface area contributed by atoms with Gasteiger partial charge in [0.25, 0.3) is 0 Å². The number of rotatable bonds is 5. The standard InChI is InChI=1S/C13H13ClN2OS2/c1-3-11-15-13(19-16-11)18-8(2)12(17)9-5-4-6-10(14)7-9/h4-8H,3H2,1-2H3. The molecule has 0 aliphatic rings. The summed E-state index contributed by atoms with van der Waals surface area (Å²) < 4.78 is 5.04. The first kappa shape index (κ1) is 14.5. The fourth-order valence-electron chi connectivity index (χ4n) is 1.51. The van der Waals surface area contributed by atoms with E-state index >= 15 is 0 Å². The molecule has 0 amide bonds. The van der Waals surface area contributed by atoms with Gasteiger partial charge in [-0.3, -0.25) is 4.79 Å². The van der Waals surface area contributed by atoms with Crippen LogP contribution >= 0.6 is 34.9 Å². The summed E-state index contributed by atoms with van der Waals surface area (Å²) in [7, 11) is 0. The van der Waals surface area contributed by atoms with E-state index in [4.69, 9.17) is 11.6 Å². The van der Waals surface area contributed by atoms with Crippen LogP contribution in [0.15, 0.2) is 28.6 Å². The maximum atomic E-state index is 12.3. The number of hydrogen-bond donors (Lipinski definition) is 0. The number of aromatic nitrogens is 2. The molecule has 2 aromatic rings. The molecule has 1 aromatic heterocycles. The Balaban J connectivity index is 2.07. The van der Waals surface area contributed by atoms with Crippen LogP contribution in [0.2, 0.25) is 5.02 Å². The van der Waals surface area contributed by atoms with Crippen LogP contribution in [0, 0.1) is 0 Å². The van der Waals surface area contributed by atoms with Crippen LogP contribution in [-0.4, -0.2) is 20.4 Å². The fourth-order valence-corrected chi connectivity index (χ4v) is 3.62. The van der Waals surface area contributed by atoms with Crippen molar-refractivity contribution in [3.63, 3.8) is 0 Å². The summed E-state index contributed by atoms with van der Waals surface area (Å²) >= 11 is 8.68. The Kier molecular flexibility index (Phi) is 4.96. The van der Waals surface area contributed by atoms with Crippen LogP contribution in [0.3, 0.4) is 0 Å². The first-order valence-electron chi connectivity index (χ1n) is 5.89. The van der Waals surface area contributed by atoms with E-state index in [0.717, 1.165) is 16.6 Å².